The van der Waals surface area contributed by atoms with E-state index < -0.39 is 0 Å². The van der Waals surface area contributed by atoms with Gasteiger partial charge < -0.3 is 14.8 Å². The number of hydrogen-bond donors (Lipinski definition) is 1. The predicted octanol–water partition coefficient (Wildman–Crippen LogP) is 2.46. The highest BCUT2D eigenvalue weighted by Crippen LogP contribution is 2.19. The molecule has 1 aromatic rings. The van der Waals surface area contributed by atoms with Gasteiger partial charge in [0.2, 0.25) is 0 Å². The minimum atomic E-state index is 0.00298. The van der Waals surface area contributed by atoms with E-state index in [1.165, 1.54) is 0 Å². The monoisotopic (exact) mass is 332 g/mol. The molecule has 0 radical (unpaired) electrons. The third kappa shape index (κ3) is 4.48. The highest BCUT2D eigenvalue weighted by molar-refractivity contribution is 5.94. The first kappa shape index (κ1) is 17.2. The summed E-state index contributed by atoms with van der Waals surface area (Å²) in [4.78, 5) is 14.8. The normalized spacial score (nSPS) is 22.7. The molecule has 2 heterocycles. The Kier molecular flexibility index (Phi) is 5.74. The standard InChI is InChI=1S/C19H28N2O3/c1-14(2)21-10-7-16(13-21)20-19(22)15-3-5-17(6-4-15)24-18-8-11-23-12-9-18/h3-6,14,16,18H,7-13H2,1-2H3,(H,20,22). The molecule has 132 valence electrons. The average Bonchev–Trinajstić information content (AvgIpc) is 3.05. The first-order chi connectivity index (χ1) is 11.6. The highest BCUT2D eigenvalue weighted by atomic mass is 16.5. The molecule has 0 bridgehead atoms. The Labute approximate surface area is 144 Å². The number of carbonyl (C=O) groups is 1. The van der Waals surface area contributed by atoms with Crippen LogP contribution in [0.2, 0.25) is 0 Å². The number of nitrogens with one attached hydrogen (secondary N) is 1. The minimum Gasteiger partial charge on any atom is -0.490 e. The van der Waals surface area contributed by atoms with E-state index in [1.54, 1.807) is 0 Å². The van der Waals surface area contributed by atoms with Crippen molar-refractivity contribution >= 4 is 5.91 Å². The average molecular weight is 332 g/mol. The lowest BCUT2D eigenvalue weighted by molar-refractivity contribution is 0.0256. The number of benzene rings is 1. The van der Waals surface area contributed by atoms with Gasteiger partial charge in [0.05, 0.1) is 13.2 Å². The maximum atomic E-state index is 12.4. The number of rotatable bonds is 5. The van der Waals surface area contributed by atoms with Crippen LogP contribution in [0.4, 0.5) is 0 Å². The molecule has 1 atom stereocenters. The Bertz CT molecular complexity index is 538. The summed E-state index contributed by atoms with van der Waals surface area (Å²) in [7, 11) is 0. The highest BCUT2D eigenvalue weighted by Gasteiger charge is 2.25. The molecule has 2 aliphatic heterocycles. The summed E-state index contributed by atoms with van der Waals surface area (Å²) in [6.45, 7) is 7.91. The smallest absolute Gasteiger partial charge is 0.251 e. The Morgan fingerprint density at radius 2 is 1.92 bits per heavy atom. The van der Waals surface area contributed by atoms with E-state index in [0.29, 0.717) is 11.6 Å². The maximum Gasteiger partial charge on any atom is 0.251 e. The summed E-state index contributed by atoms with van der Waals surface area (Å²) in [5, 5.41) is 3.14. The van der Waals surface area contributed by atoms with Crippen molar-refractivity contribution in [3.63, 3.8) is 0 Å². The van der Waals surface area contributed by atoms with Crippen LogP contribution in [0.1, 0.15) is 43.5 Å². The number of carbonyl (C=O) groups excluding carboxylic acids is 1. The second-order valence-electron chi connectivity index (χ2n) is 7.00. The SMILES string of the molecule is CC(C)N1CCC(NC(=O)c2ccc(OC3CCOCC3)cc2)C1. The third-order valence-electron chi connectivity index (χ3n) is 4.87. The van der Waals surface area contributed by atoms with Crippen molar-refractivity contribution in [1.29, 1.82) is 0 Å². The quantitative estimate of drug-likeness (QED) is 0.900. The van der Waals surface area contributed by atoms with E-state index >= 15 is 0 Å². The van der Waals surface area contributed by atoms with Gasteiger partial charge in [-0.15, -0.1) is 0 Å². The van der Waals surface area contributed by atoms with Gasteiger partial charge in [-0.25, -0.2) is 0 Å². The lowest BCUT2D eigenvalue weighted by atomic mass is 10.1. The number of nitrogens with zero attached hydrogens (tertiary/aromatic N) is 1. The van der Waals surface area contributed by atoms with Crippen LogP contribution >= 0.6 is 0 Å². The van der Waals surface area contributed by atoms with Gasteiger partial charge in [0.15, 0.2) is 0 Å². The van der Waals surface area contributed by atoms with E-state index in [4.69, 9.17) is 9.47 Å². The zero-order chi connectivity index (χ0) is 16.9. The van der Waals surface area contributed by atoms with Crippen LogP contribution in [0.5, 0.6) is 5.75 Å². The predicted molar refractivity (Wildman–Crippen MR) is 93.5 cm³/mol. The summed E-state index contributed by atoms with van der Waals surface area (Å²) in [6, 6.07) is 8.25. The Morgan fingerprint density at radius 1 is 1.21 bits per heavy atom. The second-order valence-corrected chi connectivity index (χ2v) is 7.00. The molecule has 1 unspecified atom stereocenters. The molecule has 0 aliphatic carbocycles. The molecule has 24 heavy (non-hydrogen) atoms. The van der Waals surface area contributed by atoms with Crippen molar-refractivity contribution in [2.75, 3.05) is 26.3 Å². The summed E-state index contributed by atoms with van der Waals surface area (Å²) >= 11 is 0. The second kappa shape index (κ2) is 7.99. The molecule has 2 saturated heterocycles. The Morgan fingerprint density at radius 3 is 2.54 bits per heavy atom. The Hall–Kier alpha value is -1.59. The van der Waals surface area contributed by atoms with Crippen molar-refractivity contribution in [3.8, 4) is 5.75 Å². The van der Waals surface area contributed by atoms with Gasteiger partial charge in [0, 0.05) is 43.6 Å². The largest absolute Gasteiger partial charge is 0.490 e. The lowest BCUT2D eigenvalue weighted by Gasteiger charge is -2.23. The van der Waals surface area contributed by atoms with Crippen LogP contribution in [0.15, 0.2) is 24.3 Å². The van der Waals surface area contributed by atoms with Gasteiger partial charge in [0.1, 0.15) is 11.9 Å². The topological polar surface area (TPSA) is 50.8 Å². The summed E-state index contributed by atoms with van der Waals surface area (Å²) < 4.78 is 11.3. The molecule has 1 amide bonds. The zero-order valence-electron chi connectivity index (χ0n) is 14.7. The molecule has 5 nitrogen and oxygen atoms in total. The van der Waals surface area contributed by atoms with Crippen molar-refractivity contribution in [2.24, 2.45) is 0 Å². The van der Waals surface area contributed by atoms with Gasteiger partial charge in [-0.05, 0) is 44.5 Å². The molecule has 0 aromatic heterocycles. The minimum absolute atomic E-state index is 0.00298. The van der Waals surface area contributed by atoms with Gasteiger partial charge in [-0.3, -0.25) is 9.69 Å². The van der Waals surface area contributed by atoms with E-state index in [1.807, 2.05) is 24.3 Å². The van der Waals surface area contributed by atoms with Gasteiger partial charge in [0.25, 0.3) is 5.91 Å². The molecular weight excluding hydrogens is 304 g/mol. The fraction of sp³-hybridized carbons (Fsp3) is 0.632. The van der Waals surface area contributed by atoms with E-state index in [9.17, 15) is 4.79 Å². The number of likely N-dealkylation sites (tertiary alicyclic amines) is 1. The van der Waals surface area contributed by atoms with Crippen molar-refractivity contribution in [1.82, 2.24) is 10.2 Å². The van der Waals surface area contributed by atoms with E-state index in [2.05, 4.69) is 24.1 Å². The number of ether oxygens (including phenoxy) is 2. The maximum absolute atomic E-state index is 12.4. The van der Waals surface area contributed by atoms with Crippen molar-refractivity contribution in [2.45, 2.75) is 51.3 Å². The van der Waals surface area contributed by atoms with Crippen LogP contribution in [-0.2, 0) is 4.74 Å². The molecule has 0 spiro atoms. The lowest BCUT2D eigenvalue weighted by Crippen LogP contribution is -2.38. The van der Waals surface area contributed by atoms with E-state index in [-0.39, 0.29) is 18.1 Å². The molecule has 1 aromatic carbocycles. The summed E-state index contributed by atoms with van der Waals surface area (Å²) in [5.41, 5.74) is 0.692. The molecule has 0 saturated carbocycles. The van der Waals surface area contributed by atoms with Crippen molar-refractivity contribution < 1.29 is 14.3 Å². The molecule has 2 aliphatic rings. The van der Waals surface area contributed by atoms with Gasteiger partial charge in [-0.1, -0.05) is 0 Å². The fourth-order valence-corrected chi connectivity index (χ4v) is 3.31. The number of hydrogen-bond acceptors (Lipinski definition) is 4. The third-order valence-corrected chi connectivity index (χ3v) is 4.87. The van der Waals surface area contributed by atoms with Crippen molar-refractivity contribution in [3.05, 3.63) is 29.8 Å². The summed E-state index contributed by atoms with van der Waals surface area (Å²) in [6.07, 6.45) is 3.10. The van der Waals surface area contributed by atoms with Crippen LogP contribution in [0.3, 0.4) is 0 Å². The first-order valence-corrected chi connectivity index (χ1v) is 9.01. The molecule has 1 N–H and O–H groups in total. The zero-order valence-corrected chi connectivity index (χ0v) is 14.7. The molecule has 3 rings (SSSR count). The Balaban J connectivity index is 1.50. The van der Waals surface area contributed by atoms with Crippen LogP contribution in [0, 0.1) is 0 Å². The van der Waals surface area contributed by atoms with Crippen LogP contribution in [0.25, 0.3) is 0 Å². The first-order valence-electron chi connectivity index (χ1n) is 9.01. The van der Waals surface area contributed by atoms with Gasteiger partial charge in [-0.2, -0.15) is 0 Å². The number of amides is 1. The molecule has 5 heteroatoms. The van der Waals surface area contributed by atoms with Crippen LogP contribution < -0.4 is 10.1 Å². The summed E-state index contributed by atoms with van der Waals surface area (Å²) in [5.74, 6) is 0.827. The van der Waals surface area contributed by atoms with Crippen LogP contribution in [-0.4, -0.2) is 55.3 Å². The molecule has 2 fully saturated rings. The van der Waals surface area contributed by atoms with Gasteiger partial charge >= 0.3 is 0 Å². The molecular formula is C19H28N2O3. The van der Waals surface area contributed by atoms with E-state index in [0.717, 1.165) is 51.3 Å². The fourth-order valence-electron chi connectivity index (χ4n) is 3.31.